The fourth-order valence-corrected chi connectivity index (χ4v) is 5.92. The minimum atomic E-state index is -3.61. The summed E-state index contributed by atoms with van der Waals surface area (Å²) < 4.78 is 33.1. The Morgan fingerprint density at radius 3 is 2.39 bits per heavy atom. The van der Waals surface area contributed by atoms with E-state index in [1.54, 1.807) is 36.1 Å². The highest BCUT2D eigenvalue weighted by atomic mass is 79.9. The van der Waals surface area contributed by atoms with Crippen LogP contribution < -0.4 is 14.4 Å². The van der Waals surface area contributed by atoms with Gasteiger partial charge in [0.15, 0.2) is 0 Å². The van der Waals surface area contributed by atoms with Crippen LogP contribution in [0.2, 0.25) is 0 Å². The molecule has 0 aromatic heterocycles. The van der Waals surface area contributed by atoms with Gasteiger partial charge in [-0.25, -0.2) is 8.42 Å². The van der Waals surface area contributed by atoms with Gasteiger partial charge in [-0.1, -0.05) is 53.0 Å². The second-order valence-electron chi connectivity index (χ2n) is 9.65. The minimum Gasteiger partial charge on any atom is -0.492 e. The van der Waals surface area contributed by atoms with Gasteiger partial charge < -0.3 is 15.0 Å². The van der Waals surface area contributed by atoms with Gasteiger partial charge in [0.1, 0.15) is 11.8 Å². The first-order valence-electron chi connectivity index (χ1n) is 13.1. The summed E-state index contributed by atoms with van der Waals surface area (Å²) in [5, 5.41) is 3.10. The van der Waals surface area contributed by atoms with Crippen molar-refractivity contribution in [2.24, 2.45) is 0 Å². The van der Waals surface area contributed by atoms with Crippen LogP contribution in [0.1, 0.15) is 57.9 Å². The Labute approximate surface area is 234 Å². The zero-order valence-electron chi connectivity index (χ0n) is 22.4. The van der Waals surface area contributed by atoms with Crippen LogP contribution in [0.5, 0.6) is 5.75 Å². The van der Waals surface area contributed by atoms with Gasteiger partial charge in [0.2, 0.25) is 21.8 Å². The number of amides is 2. The molecule has 2 amide bonds. The zero-order valence-corrected chi connectivity index (χ0v) is 24.8. The third-order valence-electron chi connectivity index (χ3n) is 6.72. The highest BCUT2D eigenvalue weighted by Gasteiger charge is 2.29. The molecule has 10 heteroatoms. The van der Waals surface area contributed by atoms with Gasteiger partial charge in [-0.3, -0.25) is 13.9 Å². The first-order chi connectivity index (χ1) is 18.1. The van der Waals surface area contributed by atoms with E-state index in [2.05, 4.69) is 21.2 Å². The Morgan fingerprint density at radius 1 is 1.11 bits per heavy atom. The molecule has 2 aromatic carbocycles. The van der Waals surface area contributed by atoms with E-state index in [4.69, 9.17) is 4.74 Å². The second kappa shape index (κ2) is 14.0. The quantitative estimate of drug-likeness (QED) is 0.350. The van der Waals surface area contributed by atoms with Crippen molar-refractivity contribution in [1.82, 2.24) is 10.2 Å². The molecular formula is C28H38BrN3O5S. The summed E-state index contributed by atoms with van der Waals surface area (Å²) in [6.07, 6.45) is 5.66. The fourth-order valence-electron chi connectivity index (χ4n) is 4.68. The lowest BCUT2D eigenvalue weighted by Gasteiger charge is -2.30. The molecular weight excluding hydrogens is 570 g/mol. The highest BCUT2D eigenvalue weighted by Crippen LogP contribution is 2.30. The van der Waals surface area contributed by atoms with Crippen molar-refractivity contribution in [1.29, 1.82) is 0 Å². The third kappa shape index (κ3) is 8.46. The molecule has 1 N–H and O–H groups in total. The molecule has 1 fully saturated rings. The van der Waals surface area contributed by atoms with Crippen LogP contribution in [0.25, 0.3) is 0 Å². The van der Waals surface area contributed by atoms with E-state index in [0.717, 1.165) is 42.0 Å². The van der Waals surface area contributed by atoms with E-state index in [9.17, 15) is 18.0 Å². The molecule has 1 aliphatic rings. The number of nitrogens with zero attached hydrogens (tertiary/aromatic N) is 2. The Bertz CT molecular complexity index is 1180. The van der Waals surface area contributed by atoms with Crippen molar-refractivity contribution < 1.29 is 22.7 Å². The van der Waals surface area contributed by atoms with Crippen LogP contribution in [0, 0.1) is 0 Å². The number of rotatable bonds is 13. The summed E-state index contributed by atoms with van der Waals surface area (Å²) in [6.45, 7) is 4.39. The van der Waals surface area contributed by atoms with E-state index in [1.807, 2.05) is 31.2 Å². The largest absolute Gasteiger partial charge is 0.492 e. The van der Waals surface area contributed by atoms with Crippen molar-refractivity contribution in [3.63, 3.8) is 0 Å². The van der Waals surface area contributed by atoms with Gasteiger partial charge >= 0.3 is 0 Å². The molecule has 3 rings (SSSR count). The SMILES string of the molecule is CCOc1ccccc1N(CCCC(=O)N(Cc1ccc(Br)cc1)C(C)C(=O)NC1CCCC1)S(C)(=O)=O. The maximum Gasteiger partial charge on any atom is 0.242 e. The molecule has 1 saturated carbocycles. The van der Waals surface area contributed by atoms with Crippen molar-refractivity contribution in [2.75, 3.05) is 23.7 Å². The van der Waals surface area contributed by atoms with E-state index in [-0.39, 0.29) is 37.4 Å². The summed E-state index contributed by atoms with van der Waals surface area (Å²) >= 11 is 3.43. The lowest BCUT2D eigenvalue weighted by Crippen LogP contribution is -2.49. The van der Waals surface area contributed by atoms with E-state index < -0.39 is 16.1 Å². The molecule has 1 aliphatic carbocycles. The molecule has 0 aliphatic heterocycles. The number of hydrogen-bond acceptors (Lipinski definition) is 5. The van der Waals surface area contributed by atoms with Crippen molar-refractivity contribution in [3.8, 4) is 5.75 Å². The first-order valence-corrected chi connectivity index (χ1v) is 15.8. The van der Waals surface area contributed by atoms with Crippen LogP contribution >= 0.6 is 15.9 Å². The van der Waals surface area contributed by atoms with Gasteiger partial charge in [0.05, 0.1) is 18.6 Å². The number of sulfonamides is 1. The number of ether oxygens (including phenoxy) is 1. The topological polar surface area (TPSA) is 96.0 Å². The maximum absolute atomic E-state index is 13.5. The van der Waals surface area contributed by atoms with Gasteiger partial charge in [-0.15, -0.1) is 0 Å². The second-order valence-corrected chi connectivity index (χ2v) is 12.5. The lowest BCUT2D eigenvalue weighted by atomic mass is 10.1. The summed E-state index contributed by atoms with van der Waals surface area (Å²) in [6, 6.07) is 14.1. The Balaban J connectivity index is 1.73. The molecule has 1 atom stereocenters. The Hall–Kier alpha value is -2.59. The molecule has 0 saturated heterocycles. The average Bonchev–Trinajstić information content (AvgIpc) is 3.39. The number of para-hydroxylation sites is 2. The van der Waals surface area contributed by atoms with Crippen molar-refractivity contribution in [2.45, 2.75) is 71.0 Å². The summed E-state index contributed by atoms with van der Waals surface area (Å²) in [7, 11) is -3.61. The molecule has 0 spiro atoms. The standard InChI is InChI=1S/C28H38BrN3O5S/c1-4-37-26-13-8-7-12-25(26)32(38(3,35)36)19-9-14-27(33)31(20-22-15-17-23(29)18-16-22)21(2)28(34)30-24-10-5-6-11-24/h7-8,12-13,15-18,21,24H,4-6,9-11,14,19-20H2,1-3H3,(H,30,34). The molecule has 0 bridgehead atoms. The number of benzene rings is 2. The van der Waals surface area contributed by atoms with Gasteiger partial charge in [-0.05, 0) is 62.9 Å². The first kappa shape index (κ1) is 30.0. The molecule has 0 radical (unpaired) electrons. The van der Waals surface area contributed by atoms with Crippen molar-refractivity contribution >= 4 is 43.5 Å². The predicted octanol–water partition coefficient (Wildman–Crippen LogP) is 4.87. The van der Waals surface area contributed by atoms with Gasteiger partial charge in [0.25, 0.3) is 0 Å². The number of halogens is 1. The normalized spacial score (nSPS) is 14.6. The van der Waals surface area contributed by atoms with Gasteiger partial charge in [-0.2, -0.15) is 0 Å². The van der Waals surface area contributed by atoms with Crippen molar-refractivity contribution in [3.05, 3.63) is 58.6 Å². The van der Waals surface area contributed by atoms with Crippen LogP contribution in [0.4, 0.5) is 5.69 Å². The summed E-state index contributed by atoms with van der Waals surface area (Å²) in [4.78, 5) is 28.1. The molecule has 38 heavy (non-hydrogen) atoms. The monoisotopic (exact) mass is 607 g/mol. The smallest absolute Gasteiger partial charge is 0.242 e. The number of carbonyl (C=O) groups excluding carboxylic acids is 2. The zero-order chi connectivity index (χ0) is 27.7. The fraction of sp³-hybridized carbons (Fsp3) is 0.500. The Kier molecular flexibility index (Phi) is 11.0. The maximum atomic E-state index is 13.5. The van der Waals surface area contributed by atoms with E-state index >= 15 is 0 Å². The predicted molar refractivity (Wildman–Crippen MR) is 154 cm³/mol. The average molecular weight is 609 g/mol. The third-order valence-corrected chi connectivity index (χ3v) is 8.43. The number of nitrogens with one attached hydrogen (secondary N) is 1. The van der Waals surface area contributed by atoms with Crippen LogP contribution in [-0.4, -0.2) is 56.6 Å². The number of carbonyl (C=O) groups is 2. The molecule has 2 aromatic rings. The number of anilines is 1. The van der Waals surface area contributed by atoms with Gasteiger partial charge in [0, 0.05) is 30.0 Å². The van der Waals surface area contributed by atoms with Crippen LogP contribution in [-0.2, 0) is 26.2 Å². The summed E-state index contributed by atoms with van der Waals surface area (Å²) in [5.41, 5.74) is 1.35. The molecule has 208 valence electrons. The molecule has 8 nitrogen and oxygen atoms in total. The lowest BCUT2D eigenvalue weighted by molar-refractivity contribution is -0.141. The number of hydrogen-bond donors (Lipinski definition) is 1. The summed E-state index contributed by atoms with van der Waals surface area (Å²) in [5.74, 6) is 0.111. The Morgan fingerprint density at radius 2 is 1.76 bits per heavy atom. The minimum absolute atomic E-state index is 0.0976. The van der Waals surface area contributed by atoms with E-state index in [1.165, 1.54) is 4.31 Å². The van der Waals surface area contributed by atoms with Crippen LogP contribution in [0.15, 0.2) is 53.0 Å². The molecule has 0 heterocycles. The van der Waals surface area contributed by atoms with E-state index in [0.29, 0.717) is 24.5 Å². The highest BCUT2D eigenvalue weighted by molar-refractivity contribution is 9.10. The molecule has 1 unspecified atom stereocenters. The van der Waals surface area contributed by atoms with Crippen LogP contribution in [0.3, 0.4) is 0 Å².